The number of hydrogen-bond acceptors (Lipinski definition) is 3. The maximum absolute atomic E-state index is 6.10. The minimum atomic E-state index is 0.316. The molecule has 0 aliphatic heterocycles. The molecule has 2 heterocycles. The van der Waals surface area contributed by atoms with Crippen molar-refractivity contribution >= 4 is 5.69 Å². The summed E-state index contributed by atoms with van der Waals surface area (Å²) in [5.74, 6) is 1.15. The van der Waals surface area contributed by atoms with E-state index in [1.54, 1.807) is 9.36 Å². The number of rotatable bonds is 2. The van der Waals surface area contributed by atoms with Gasteiger partial charge in [0, 0.05) is 13.2 Å². The molecule has 2 rings (SSSR count). The Morgan fingerprint density at radius 3 is 2.44 bits per heavy atom. The third-order valence-corrected chi connectivity index (χ3v) is 2.57. The van der Waals surface area contributed by atoms with E-state index in [0.29, 0.717) is 11.6 Å². The largest absolute Gasteiger partial charge is 0.394 e. The van der Waals surface area contributed by atoms with E-state index < -0.39 is 0 Å². The predicted octanol–water partition coefficient (Wildman–Crippen LogP) is 1.62. The van der Waals surface area contributed by atoms with Gasteiger partial charge in [-0.1, -0.05) is 13.8 Å². The van der Waals surface area contributed by atoms with Gasteiger partial charge in [-0.2, -0.15) is 10.2 Å². The van der Waals surface area contributed by atoms with E-state index in [0.717, 1.165) is 17.2 Å². The van der Waals surface area contributed by atoms with Crippen LogP contribution in [0.25, 0.3) is 5.82 Å². The van der Waals surface area contributed by atoms with Gasteiger partial charge in [0.25, 0.3) is 0 Å². The van der Waals surface area contributed by atoms with Gasteiger partial charge in [-0.05, 0) is 18.9 Å². The van der Waals surface area contributed by atoms with E-state index in [9.17, 15) is 0 Å². The smallest absolute Gasteiger partial charge is 0.175 e. The summed E-state index contributed by atoms with van der Waals surface area (Å²) in [6, 6.07) is 1.95. The molecule has 0 unspecified atom stereocenters. The van der Waals surface area contributed by atoms with Crippen molar-refractivity contribution in [3.05, 3.63) is 23.7 Å². The third kappa shape index (κ3) is 1.58. The number of nitrogens with zero attached hydrogens (tertiary/aromatic N) is 4. The molecule has 0 fully saturated rings. The standard InChI is InChI=1S/C11H17N5/c1-7(2)10-9(12)11(15(4)14-10)16-6-5-8(3)13-16/h5-7H,12H2,1-4H3. The van der Waals surface area contributed by atoms with Crippen LogP contribution in [0, 0.1) is 6.92 Å². The molecule has 5 heteroatoms. The van der Waals surface area contributed by atoms with Crippen molar-refractivity contribution in [3.8, 4) is 5.82 Å². The van der Waals surface area contributed by atoms with Crippen LogP contribution in [0.2, 0.25) is 0 Å². The number of anilines is 1. The van der Waals surface area contributed by atoms with Crippen LogP contribution >= 0.6 is 0 Å². The SMILES string of the molecule is Cc1ccn(-c2c(N)c(C(C)C)nn2C)n1. The molecule has 0 bridgehead atoms. The second-order valence-corrected chi connectivity index (χ2v) is 4.30. The first-order chi connectivity index (χ1) is 7.50. The highest BCUT2D eigenvalue weighted by atomic mass is 15.4. The van der Waals surface area contributed by atoms with Gasteiger partial charge < -0.3 is 5.73 Å². The summed E-state index contributed by atoms with van der Waals surface area (Å²) in [4.78, 5) is 0. The molecule has 0 aromatic carbocycles. The fourth-order valence-electron chi connectivity index (χ4n) is 1.78. The van der Waals surface area contributed by atoms with Gasteiger partial charge in [0.15, 0.2) is 5.82 Å². The molecular weight excluding hydrogens is 202 g/mol. The predicted molar refractivity (Wildman–Crippen MR) is 63.6 cm³/mol. The van der Waals surface area contributed by atoms with E-state index in [4.69, 9.17) is 5.73 Å². The van der Waals surface area contributed by atoms with Crippen molar-refractivity contribution in [1.29, 1.82) is 0 Å². The minimum Gasteiger partial charge on any atom is -0.394 e. The van der Waals surface area contributed by atoms with Crippen LogP contribution in [-0.4, -0.2) is 19.6 Å². The number of hydrogen-bond donors (Lipinski definition) is 1. The van der Waals surface area contributed by atoms with Crippen molar-refractivity contribution < 1.29 is 0 Å². The molecule has 5 nitrogen and oxygen atoms in total. The molecule has 2 N–H and O–H groups in total. The first kappa shape index (κ1) is 10.7. The Labute approximate surface area is 94.9 Å². The van der Waals surface area contributed by atoms with E-state index in [2.05, 4.69) is 24.0 Å². The van der Waals surface area contributed by atoms with Gasteiger partial charge >= 0.3 is 0 Å². The summed E-state index contributed by atoms with van der Waals surface area (Å²) in [6.07, 6.45) is 1.90. The Morgan fingerprint density at radius 1 is 1.31 bits per heavy atom. The Kier molecular flexibility index (Phi) is 2.46. The van der Waals surface area contributed by atoms with E-state index in [1.807, 2.05) is 26.2 Å². The van der Waals surface area contributed by atoms with Gasteiger partial charge in [0.05, 0.1) is 11.4 Å². The van der Waals surface area contributed by atoms with Crippen LogP contribution in [0.3, 0.4) is 0 Å². The maximum atomic E-state index is 6.10. The topological polar surface area (TPSA) is 61.7 Å². The second-order valence-electron chi connectivity index (χ2n) is 4.30. The molecule has 0 saturated carbocycles. The lowest BCUT2D eigenvalue weighted by Gasteiger charge is -2.03. The summed E-state index contributed by atoms with van der Waals surface area (Å²) in [7, 11) is 1.88. The average molecular weight is 219 g/mol. The molecule has 0 aliphatic rings. The van der Waals surface area contributed by atoms with Crippen LogP contribution in [-0.2, 0) is 7.05 Å². The number of aromatic nitrogens is 4. The first-order valence-corrected chi connectivity index (χ1v) is 5.35. The number of nitrogens with two attached hydrogens (primary N) is 1. The molecule has 0 radical (unpaired) electrons. The Morgan fingerprint density at radius 2 is 2.00 bits per heavy atom. The quantitative estimate of drug-likeness (QED) is 0.834. The van der Waals surface area contributed by atoms with Crippen LogP contribution in [0.1, 0.15) is 31.2 Å². The summed E-state index contributed by atoms with van der Waals surface area (Å²) in [5, 5.41) is 8.78. The van der Waals surface area contributed by atoms with Crippen LogP contribution in [0.15, 0.2) is 12.3 Å². The molecule has 0 spiro atoms. The second kappa shape index (κ2) is 3.66. The Bertz CT molecular complexity index is 506. The molecule has 0 atom stereocenters. The fourth-order valence-corrected chi connectivity index (χ4v) is 1.78. The van der Waals surface area contributed by atoms with Gasteiger partial charge in [0.2, 0.25) is 0 Å². The monoisotopic (exact) mass is 219 g/mol. The lowest BCUT2D eigenvalue weighted by molar-refractivity contribution is 0.674. The highest BCUT2D eigenvalue weighted by Crippen LogP contribution is 2.26. The summed E-state index contributed by atoms with van der Waals surface area (Å²) in [6.45, 7) is 6.11. The van der Waals surface area contributed by atoms with E-state index >= 15 is 0 Å². The molecule has 86 valence electrons. The van der Waals surface area contributed by atoms with Crippen LogP contribution < -0.4 is 5.73 Å². The van der Waals surface area contributed by atoms with Crippen molar-refractivity contribution in [2.45, 2.75) is 26.7 Å². The molecule has 16 heavy (non-hydrogen) atoms. The molecule has 2 aromatic rings. The van der Waals surface area contributed by atoms with Crippen LogP contribution in [0.4, 0.5) is 5.69 Å². The molecule has 2 aromatic heterocycles. The van der Waals surface area contributed by atoms with Gasteiger partial charge in [-0.3, -0.25) is 0 Å². The zero-order valence-electron chi connectivity index (χ0n) is 10.1. The number of aryl methyl sites for hydroxylation is 2. The highest BCUT2D eigenvalue weighted by Gasteiger charge is 2.17. The first-order valence-electron chi connectivity index (χ1n) is 5.35. The van der Waals surface area contributed by atoms with Crippen molar-refractivity contribution in [2.24, 2.45) is 7.05 Å². The fraction of sp³-hybridized carbons (Fsp3) is 0.455. The summed E-state index contributed by atoms with van der Waals surface area (Å²) >= 11 is 0. The zero-order chi connectivity index (χ0) is 11.9. The Hall–Kier alpha value is -1.78. The summed E-state index contributed by atoms with van der Waals surface area (Å²) in [5.41, 5.74) is 8.70. The van der Waals surface area contributed by atoms with Crippen LogP contribution in [0.5, 0.6) is 0 Å². The average Bonchev–Trinajstić information content (AvgIpc) is 2.71. The van der Waals surface area contributed by atoms with Crippen molar-refractivity contribution in [3.63, 3.8) is 0 Å². The third-order valence-electron chi connectivity index (χ3n) is 2.57. The Balaban J connectivity index is 2.57. The van der Waals surface area contributed by atoms with E-state index in [-0.39, 0.29) is 0 Å². The lowest BCUT2D eigenvalue weighted by atomic mass is 10.1. The van der Waals surface area contributed by atoms with E-state index in [1.165, 1.54) is 0 Å². The highest BCUT2D eigenvalue weighted by molar-refractivity contribution is 5.58. The van der Waals surface area contributed by atoms with Gasteiger partial charge in [0.1, 0.15) is 5.69 Å². The van der Waals surface area contributed by atoms with Gasteiger partial charge in [-0.15, -0.1) is 0 Å². The van der Waals surface area contributed by atoms with Gasteiger partial charge in [-0.25, -0.2) is 9.36 Å². The van der Waals surface area contributed by atoms with Crippen molar-refractivity contribution in [2.75, 3.05) is 5.73 Å². The molecule has 0 aliphatic carbocycles. The minimum absolute atomic E-state index is 0.316. The lowest BCUT2D eigenvalue weighted by Crippen LogP contribution is -2.05. The number of nitrogen functional groups attached to an aromatic ring is 1. The molecule has 0 amide bonds. The summed E-state index contributed by atoms with van der Waals surface area (Å²) < 4.78 is 3.54. The zero-order valence-corrected chi connectivity index (χ0v) is 10.1. The normalized spacial score (nSPS) is 11.3. The van der Waals surface area contributed by atoms with Crippen molar-refractivity contribution in [1.82, 2.24) is 19.6 Å². The molecular formula is C11H17N5. The maximum Gasteiger partial charge on any atom is 0.175 e. The molecule has 0 saturated heterocycles.